The molecule has 0 aromatic rings. The number of allylic oxidation sites excluding steroid dienone is 1. The van der Waals surface area contributed by atoms with Gasteiger partial charge in [0.1, 0.15) is 0 Å². The Morgan fingerprint density at radius 1 is 1.03 bits per heavy atom. The standard InChI is InChI=1S/C30H51NO/c1-20-8-7-17-31(18-20)19-21(2)23-10-11-24-22-9-12-26-28(3,4)27(32)14-16-30(26,6)25(22)13-15-29(23,24)5/h12,20-25,27,32H,7-11,13-19H2,1-6H3/t20?,21?,22-,23+,24-,25-,27?,29+,30+/m0/s1. The number of nitrogens with zero attached hydrogens (tertiary/aromatic N) is 1. The average molecular weight is 442 g/mol. The van der Waals surface area contributed by atoms with E-state index >= 15 is 0 Å². The average Bonchev–Trinajstić information content (AvgIpc) is 3.08. The Hall–Kier alpha value is -0.340. The number of hydrogen-bond acceptors (Lipinski definition) is 2. The maximum atomic E-state index is 10.8. The molecule has 9 atom stereocenters. The topological polar surface area (TPSA) is 23.5 Å². The molecule has 3 saturated carbocycles. The van der Waals surface area contributed by atoms with Crippen LogP contribution < -0.4 is 0 Å². The Kier molecular flexibility index (Phi) is 5.93. The largest absolute Gasteiger partial charge is 0.392 e. The maximum absolute atomic E-state index is 10.8. The molecular weight excluding hydrogens is 390 g/mol. The first-order valence-electron chi connectivity index (χ1n) is 14.2. The van der Waals surface area contributed by atoms with E-state index in [1.54, 1.807) is 5.57 Å². The van der Waals surface area contributed by atoms with Gasteiger partial charge in [-0.25, -0.2) is 0 Å². The SMILES string of the molecule is CC1CCCN(CC(C)[C@H]2CC[C@H]3[C@@H]4CC=C5C(C)(C)C(O)CC[C@]5(C)[C@H]4CC[C@]23C)C1. The highest BCUT2D eigenvalue weighted by Crippen LogP contribution is 2.68. The normalized spacial score (nSPS) is 49.5. The van der Waals surface area contributed by atoms with Crippen molar-refractivity contribution in [3.05, 3.63) is 11.6 Å². The van der Waals surface area contributed by atoms with Gasteiger partial charge in [0.25, 0.3) is 0 Å². The smallest absolute Gasteiger partial charge is 0.0628 e. The summed E-state index contributed by atoms with van der Waals surface area (Å²) in [6, 6.07) is 0. The Balaban J connectivity index is 1.35. The Morgan fingerprint density at radius 3 is 2.56 bits per heavy atom. The summed E-state index contributed by atoms with van der Waals surface area (Å²) in [6.07, 6.45) is 14.5. The van der Waals surface area contributed by atoms with Crippen molar-refractivity contribution in [1.29, 1.82) is 0 Å². The molecule has 5 aliphatic rings. The molecular formula is C30H51NO. The number of likely N-dealkylation sites (tertiary alicyclic amines) is 1. The van der Waals surface area contributed by atoms with Crippen LogP contribution in [0.15, 0.2) is 11.6 Å². The second-order valence-electron chi connectivity index (χ2n) is 14.1. The van der Waals surface area contributed by atoms with Gasteiger partial charge in [0.2, 0.25) is 0 Å². The second kappa shape index (κ2) is 8.11. The fraction of sp³-hybridized carbons (Fsp3) is 0.933. The second-order valence-corrected chi connectivity index (χ2v) is 14.1. The molecule has 4 fully saturated rings. The van der Waals surface area contributed by atoms with Crippen LogP contribution in [0.25, 0.3) is 0 Å². The number of aliphatic hydroxyl groups is 1. The quantitative estimate of drug-likeness (QED) is 0.480. The van der Waals surface area contributed by atoms with Gasteiger partial charge < -0.3 is 10.0 Å². The molecule has 3 unspecified atom stereocenters. The molecule has 5 rings (SSSR count). The van der Waals surface area contributed by atoms with Gasteiger partial charge in [0.05, 0.1) is 6.10 Å². The lowest BCUT2D eigenvalue weighted by atomic mass is 9.44. The first-order chi connectivity index (χ1) is 15.1. The minimum absolute atomic E-state index is 0.0446. The third-order valence-electron chi connectivity index (χ3n) is 12.0. The van der Waals surface area contributed by atoms with Gasteiger partial charge >= 0.3 is 0 Å². The van der Waals surface area contributed by atoms with Gasteiger partial charge in [-0.1, -0.05) is 53.2 Å². The summed E-state index contributed by atoms with van der Waals surface area (Å²) in [5, 5.41) is 10.8. The van der Waals surface area contributed by atoms with E-state index in [0.29, 0.717) is 10.8 Å². The van der Waals surface area contributed by atoms with Crippen LogP contribution in [-0.4, -0.2) is 35.7 Å². The van der Waals surface area contributed by atoms with Crippen LogP contribution in [0.2, 0.25) is 0 Å². The summed E-state index contributed by atoms with van der Waals surface area (Å²) >= 11 is 0. The molecule has 0 aromatic heterocycles. The van der Waals surface area contributed by atoms with Crippen LogP contribution in [-0.2, 0) is 0 Å². The third-order valence-corrected chi connectivity index (χ3v) is 12.0. The Morgan fingerprint density at radius 2 is 1.81 bits per heavy atom. The zero-order valence-electron chi connectivity index (χ0n) is 22.0. The van der Waals surface area contributed by atoms with Crippen LogP contribution in [0, 0.1) is 51.8 Å². The van der Waals surface area contributed by atoms with Gasteiger partial charge in [0, 0.05) is 18.5 Å². The van der Waals surface area contributed by atoms with Crippen molar-refractivity contribution < 1.29 is 5.11 Å². The maximum Gasteiger partial charge on any atom is 0.0628 e. The van der Waals surface area contributed by atoms with Crippen molar-refractivity contribution in [2.24, 2.45) is 51.8 Å². The highest BCUT2D eigenvalue weighted by Gasteiger charge is 2.61. The summed E-state index contributed by atoms with van der Waals surface area (Å²) in [5.74, 6) is 5.26. The molecule has 1 heterocycles. The third kappa shape index (κ3) is 3.48. The molecule has 0 radical (unpaired) electrons. The van der Waals surface area contributed by atoms with E-state index in [1.165, 1.54) is 71.0 Å². The van der Waals surface area contributed by atoms with E-state index in [-0.39, 0.29) is 11.5 Å². The zero-order valence-corrected chi connectivity index (χ0v) is 22.0. The molecule has 2 nitrogen and oxygen atoms in total. The summed E-state index contributed by atoms with van der Waals surface area (Å²) < 4.78 is 0. The van der Waals surface area contributed by atoms with Crippen molar-refractivity contribution in [3.8, 4) is 0 Å². The molecule has 1 saturated heterocycles. The summed E-state index contributed by atoms with van der Waals surface area (Å²) in [7, 11) is 0. The van der Waals surface area contributed by atoms with Crippen molar-refractivity contribution in [2.75, 3.05) is 19.6 Å². The number of piperidine rings is 1. The zero-order chi connectivity index (χ0) is 22.9. The first kappa shape index (κ1) is 23.4. The van der Waals surface area contributed by atoms with Crippen molar-refractivity contribution in [2.45, 2.75) is 105 Å². The fourth-order valence-electron chi connectivity index (χ4n) is 10.4. The van der Waals surface area contributed by atoms with Crippen molar-refractivity contribution in [1.82, 2.24) is 4.90 Å². The van der Waals surface area contributed by atoms with E-state index in [1.807, 2.05) is 0 Å². The van der Waals surface area contributed by atoms with E-state index in [2.05, 4.69) is 52.5 Å². The first-order valence-corrected chi connectivity index (χ1v) is 14.2. The Labute approximate surface area is 198 Å². The lowest BCUT2D eigenvalue weighted by molar-refractivity contribution is -0.0791. The molecule has 32 heavy (non-hydrogen) atoms. The van der Waals surface area contributed by atoms with Gasteiger partial charge in [0.15, 0.2) is 0 Å². The van der Waals surface area contributed by atoms with Gasteiger partial charge in [-0.3, -0.25) is 0 Å². The molecule has 2 heteroatoms. The predicted octanol–water partition coefficient (Wildman–Crippen LogP) is 6.93. The summed E-state index contributed by atoms with van der Waals surface area (Å²) in [4.78, 5) is 2.80. The molecule has 182 valence electrons. The highest BCUT2D eigenvalue weighted by molar-refractivity contribution is 5.31. The molecule has 1 N–H and O–H groups in total. The fourth-order valence-corrected chi connectivity index (χ4v) is 10.4. The summed E-state index contributed by atoms with van der Waals surface area (Å²) in [6.45, 7) is 18.9. The van der Waals surface area contributed by atoms with Gasteiger partial charge in [-0.2, -0.15) is 0 Å². The molecule has 0 spiro atoms. The number of rotatable bonds is 3. The predicted molar refractivity (Wildman–Crippen MR) is 134 cm³/mol. The lowest BCUT2D eigenvalue weighted by Crippen LogP contribution is -2.54. The van der Waals surface area contributed by atoms with Crippen LogP contribution in [0.1, 0.15) is 99.3 Å². The minimum atomic E-state index is -0.165. The number of aliphatic hydroxyl groups excluding tert-OH is 1. The van der Waals surface area contributed by atoms with E-state index in [9.17, 15) is 5.11 Å². The van der Waals surface area contributed by atoms with Gasteiger partial charge in [-0.15, -0.1) is 0 Å². The lowest BCUT2D eigenvalue weighted by Gasteiger charge is -2.61. The molecule has 0 aromatic carbocycles. The number of fused-ring (bicyclic) bond motifs is 5. The highest BCUT2D eigenvalue weighted by atomic mass is 16.3. The molecule has 0 bridgehead atoms. The van der Waals surface area contributed by atoms with Crippen molar-refractivity contribution in [3.63, 3.8) is 0 Å². The van der Waals surface area contributed by atoms with E-state index in [0.717, 1.165) is 41.9 Å². The van der Waals surface area contributed by atoms with Crippen LogP contribution in [0.5, 0.6) is 0 Å². The molecule has 4 aliphatic carbocycles. The monoisotopic (exact) mass is 441 g/mol. The van der Waals surface area contributed by atoms with Crippen LogP contribution in [0.3, 0.4) is 0 Å². The van der Waals surface area contributed by atoms with Crippen LogP contribution in [0.4, 0.5) is 0 Å². The molecule has 1 aliphatic heterocycles. The molecule has 0 amide bonds. The minimum Gasteiger partial charge on any atom is -0.392 e. The van der Waals surface area contributed by atoms with E-state index in [4.69, 9.17) is 0 Å². The van der Waals surface area contributed by atoms with Crippen LogP contribution >= 0.6 is 0 Å². The Bertz CT molecular complexity index is 741. The van der Waals surface area contributed by atoms with Gasteiger partial charge in [-0.05, 0) is 111 Å². The van der Waals surface area contributed by atoms with E-state index < -0.39 is 0 Å². The van der Waals surface area contributed by atoms with Crippen molar-refractivity contribution >= 4 is 0 Å². The number of hydrogen-bond donors (Lipinski definition) is 1. The summed E-state index contributed by atoms with van der Waals surface area (Å²) in [5.41, 5.74) is 2.43.